The molecule has 1 aromatic carbocycles. The molecule has 7 nitrogen and oxygen atoms in total. The number of hydrogen-bond donors (Lipinski definition) is 1. The minimum Gasteiger partial charge on any atom is -0.480 e. The van der Waals surface area contributed by atoms with E-state index < -0.39 is 29.0 Å². The number of rotatable bonds is 5. The van der Waals surface area contributed by atoms with Crippen molar-refractivity contribution >= 4 is 29.2 Å². The van der Waals surface area contributed by atoms with Gasteiger partial charge in [0.15, 0.2) is 0 Å². The van der Waals surface area contributed by atoms with E-state index in [0.29, 0.717) is 0 Å². The summed E-state index contributed by atoms with van der Waals surface area (Å²) < 4.78 is 0. The molecule has 1 N–H and O–H groups in total. The Morgan fingerprint density at radius 1 is 1.50 bits per heavy atom. The summed E-state index contributed by atoms with van der Waals surface area (Å²) in [5, 5.41) is 19.1. The van der Waals surface area contributed by atoms with Gasteiger partial charge in [0.2, 0.25) is 0 Å². The summed E-state index contributed by atoms with van der Waals surface area (Å²) in [4.78, 5) is 33.7. The molecule has 0 saturated carbocycles. The van der Waals surface area contributed by atoms with Crippen LogP contribution in [0.15, 0.2) is 18.2 Å². The van der Waals surface area contributed by atoms with Gasteiger partial charge in [-0.05, 0) is 6.07 Å². The lowest BCUT2D eigenvalue weighted by atomic mass is 10.1. The van der Waals surface area contributed by atoms with E-state index in [-0.39, 0.29) is 17.1 Å². The largest absolute Gasteiger partial charge is 0.480 e. The first-order valence-electron chi connectivity index (χ1n) is 5.26. The van der Waals surface area contributed by atoms with Crippen LogP contribution in [0, 0.1) is 22.5 Å². The Hall–Kier alpha value is -2.59. The quantitative estimate of drug-likeness (QED) is 0.503. The first-order chi connectivity index (χ1) is 9.38. The van der Waals surface area contributed by atoms with E-state index in [2.05, 4.69) is 5.92 Å². The lowest BCUT2D eigenvalue weighted by Crippen LogP contribution is -2.36. The highest BCUT2D eigenvalue weighted by Gasteiger charge is 2.24. The van der Waals surface area contributed by atoms with Crippen LogP contribution >= 0.6 is 11.6 Å². The van der Waals surface area contributed by atoms with E-state index in [4.69, 9.17) is 23.1 Å². The normalized spacial score (nSPS) is 9.60. The van der Waals surface area contributed by atoms with Crippen molar-refractivity contribution in [3.05, 3.63) is 38.9 Å². The summed E-state index contributed by atoms with van der Waals surface area (Å²) in [6.07, 6.45) is 5.06. The molecule has 104 valence electrons. The summed E-state index contributed by atoms with van der Waals surface area (Å²) in [6.45, 7) is -0.869. The standard InChI is InChI=1S/C12H9ClN2O5/c1-2-6-14(7-10(16)17)12(18)8-4-3-5-9(11(8)13)15(19)20/h1,3-5H,6-7H2,(H,16,17). The van der Waals surface area contributed by atoms with Gasteiger partial charge in [0.1, 0.15) is 11.6 Å². The number of benzene rings is 1. The minimum atomic E-state index is -1.25. The zero-order chi connectivity index (χ0) is 15.3. The van der Waals surface area contributed by atoms with E-state index in [1.807, 2.05) is 0 Å². The SMILES string of the molecule is C#CCN(CC(=O)O)C(=O)c1cccc([N+](=O)[O-])c1Cl. The van der Waals surface area contributed by atoms with Gasteiger partial charge in [-0.1, -0.05) is 23.6 Å². The zero-order valence-corrected chi connectivity index (χ0v) is 10.8. The maximum atomic E-state index is 12.1. The second kappa shape index (κ2) is 6.54. The van der Waals surface area contributed by atoms with Gasteiger partial charge in [-0.3, -0.25) is 19.7 Å². The van der Waals surface area contributed by atoms with Crippen molar-refractivity contribution in [3.63, 3.8) is 0 Å². The van der Waals surface area contributed by atoms with Crippen molar-refractivity contribution in [1.82, 2.24) is 4.90 Å². The third kappa shape index (κ3) is 3.46. The number of terminal acetylenes is 1. The molecule has 8 heteroatoms. The maximum Gasteiger partial charge on any atom is 0.323 e. The fraction of sp³-hybridized carbons (Fsp3) is 0.167. The minimum absolute atomic E-state index is 0.169. The molecule has 0 atom stereocenters. The zero-order valence-electron chi connectivity index (χ0n) is 10.1. The molecule has 0 aliphatic heterocycles. The molecule has 0 aliphatic carbocycles. The molecule has 1 rings (SSSR count). The number of carbonyl (C=O) groups excluding carboxylic acids is 1. The van der Waals surface area contributed by atoms with Crippen molar-refractivity contribution < 1.29 is 19.6 Å². The van der Waals surface area contributed by atoms with E-state index in [1.54, 1.807) is 0 Å². The lowest BCUT2D eigenvalue weighted by molar-refractivity contribution is -0.384. The third-order valence-electron chi connectivity index (χ3n) is 2.30. The van der Waals surface area contributed by atoms with Crippen LogP contribution in [0.2, 0.25) is 5.02 Å². The van der Waals surface area contributed by atoms with Gasteiger partial charge in [-0.25, -0.2) is 0 Å². The molecule has 0 aromatic heterocycles. The maximum absolute atomic E-state index is 12.1. The Bertz CT molecular complexity index is 608. The number of carboxylic acid groups (broad SMARTS) is 1. The number of hydrogen-bond acceptors (Lipinski definition) is 4. The van der Waals surface area contributed by atoms with Gasteiger partial charge in [0.25, 0.3) is 11.6 Å². The van der Waals surface area contributed by atoms with Crippen LogP contribution in [0.25, 0.3) is 0 Å². The number of nitro groups is 1. The predicted molar refractivity (Wildman–Crippen MR) is 70.5 cm³/mol. The van der Waals surface area contributed by atoms with Crippen molar-refractivity contribution in [3.8, 4) is 12.3 Å². The highest BCUT2D eigenvalue weighted by molar-refractivity contribution is 6.35. The average molecular weight is 297 g/mol. The smallest absolute Gasteiger partial charge is 0.323 e. The number of carbonyl (C=O) groups is 2. The summed E-state index contributed by atoms with van der Waals surface area (Å²) in [5.74, 6) is 0.112. The second-order valence-electron chi connectivity index (χ2n) is 3.65. The molecule has 0 saturated heterocycles. The molecular weight excluding hydrogens is 288 g/mol. The van der Waals surface area contributed by atoms with E-state index >= 15 is 0 Å². The van der Waals surface area contributed by atoms with Gasteiger partial charge in [0, 0.05) is 6.07 Å². The summed E-state index contributed by atoms with van der Waals surface area (Å²) in [7, 11) is 0. The molecule has 0 spiro atoms. The Morgan fingerprint density at radius 3 is 2.65 bits per heavy atom. The van der Waals surface area contributed by atoms with E-state index in [1.165, 1.54) is 12.1 Å². The van der Waals surface area contributed by atoms with Crippen LogP contribution in [-0.2, 0) is 4.79 Å². The molecule has 0 heterocycles. The Morgan fingerprint density at radius 2 is 2.15 bits per heavy atom. The molecule has 0 fully saturated rings. The number of nitrogens with zero attached hydrogens (tertiary/aromatic N) is 2. The Labute approximate surface area is 118 Å². The number of aliphatic carboxylic acids is 1. The molecular formula is C12H9ClN2O5. The molecule has 20 heavy (non-hydrogen) atoms. The van der Waals surface area contributed by atoms with Crippen LogP contribution in [0.4, 0.5) is 5.69 Å². The molecule has 0 aliphatic rings. The molecule has 0 unspecified atom stereocenters. The second-order valence-corrected chi connectivity index (χ2v) is 4.03. The number of nitro benzene ring substituents is 1. The van der Waals surface area contributed by atoms with Crippen LogP contribution in [0.1, 0.15) is 10.4 Å². The average Bonchev–Trinajstić information content (AvgIpc) is 2.37. The van der Waals surface area contributed by atoms with Gasteiger partial charge >= 0.3 is 5.97 Å². The summed E-state index contributed by atoms with van der Waals surface area (Å²) in [5.41, 5.74) is -0.606. The van der Waals surface area contributed by atoms with Gasteiger partial charge in [-0.2, -0.15) is 0 Å². The number of halogens is 1. The van der Waals surface area contributed by atoms with Crippen LogP contribution in [-0.4, -0.2) is 39.9 Å². The van der Waals surface area contributed by atoms with Gasteiger partial charge in [-0.15, -0.1) is 6.42 Å². The molecule has 0 bridgehead atoms. The fourth-order valence-corrected chi connectivity index (χ4v) is 1.75. The third-order valence-corrected chi connectivity index (χ3v) is 2.70. The van der Waals surface area contributed by atoms with Crippen molar-refractivity contribution in [2.45, 2.75) is 0 Å². The topological polar surface area (TPSA) is 101 Å². The van der Waals surface area contributed by atoms with Crippen molar-refractivity contribution in [2.75, 3.05) is 13.1 Å². The monoisotopic (exact) mass is 296 g/mol. The van der Waals surface area contributed by atoms with Gasteiger partial charge < -0.3 is 10.0 Å². The first-order valence-corrected chi connectivity index (χ1v) is 5.63. The predicted octanol–water partition coefficient (Wildman–Crippen LogP) is 1.41. The summed E-state index contributed by atoms with van der Waals surface area (Å²) in [6, 6.07) is 3.69. The number of carboxylic acids is 1. The van der Waals surface area contributed by atoms with Crippen molar-refractivity contribution in [2.24, 2.45) is 0 Å². The molecule has 1 aromatic rings. The van der Waals surface area contributed by atoms with E-state index in [0.717, 1.165) is 11.0 Å². The van der Waals surface area contributed by atoms with Crippen LogP contribution < -0.4 is 0 Å². The van der Waals surface area contributed by atoms with Crippen LogP contribution in [0.3, 0.4) is 0 Å². The van der Waals surface area contributed by atoms with Gasteiger partial charge in [0.05, 0.1) is 17.0 Å². The molecule has 0 radical (unpaired) electrons. The summed E-state index contributed by atoms with van der Waals surface area (Å²) >= 11 is 5.79. The molecule has 1 amide bonds. The first kappa shape index (κ1) is 15.5. The lowest BCUT2D eigenvalue weighted by Gasteiger charge is -2.18. The number of amides is 1. The Kier molecular flexibility index (Phi) is 5.06. The van der Waals surface area contributed by atoms with E-state index in [9.17, 15) is 19.7 Å². The highest BCUT2D eigenvalue weighted by atomic mass is 35.5. The van der Waals surface area contributed by atoms with Crippen molar-refractivity contribution in [1.29, 1.82) is 0 Å². The van der Waals surface area contributed by atoms with Crippen LogP contribution in [0.5, 0.6) is 0 Å². The highest BCUT2D eigenvalue weighted by Crippen LogP contribution is 2.28. The Balaban J connectivity index is 3.19. The fourth-order valence-electron chi connectivity index (χ4n) is 1.47.